The van der Waals surface area contributed by atoms with E-state index in [9.17, 15) is 8.42 Å². The minimum absolute atomic E-state index is 0.239. The number of sulfonamides is 1. The summed E-state index contributed by atoms with van der Waals surface area (Å²) in [4.78, 5) is 0.239. The summed E-state index contributed by atoms with van der Waals surface area (Å²) in [5, 5.41) is 7.78. The number of rotatable bonds is 11. The molecule has 0 aliphatic heterocycles. The zero-order chi connectivity index (χ0) is 15.7. The Morgan fingerprint density at radius 1 is 1.43 bits per heavy atom. The number of aryl methyl sites for hydroxylation is 1. The van der Waals surface area contributed by atoms with Gasteiger partial charge in [0.1, 0.15) is 4.90 Å². The Bertz CT molecular complexity index is 502. The lowest BCUT2D eigenvalue weighted by molar-refractivity contribution is 0.548. The second kappa shape index (κ2) is 9.45. The van der Waals surface area contributed by atoms with Gasteiger partial charge in [-0.25, -0.2) is 13.1 Å². The highest BCUT2D eigenvalue weighted by molar-refractivity contribution is 7.99. The maximum absolute atomic E-state index is 12.1. The Morgan fingerprint density at radius 2 is 2.19 bits per heavy atom. The van der Waals surface area contributed by atoms with Crippen molar-refractivity contribution in [2.24, 2.45) is 0 Å². The molecule has 1 aromatic rings. The van der Waals surface area contributed by atoms with Crippen molar-refractivity contribution in [2.75, 3.05) is 25.9 Å². The summed E-state index contributed by atoms with van der Waals surface area (Å²) in [6.45, 7) is 7.16. The van der Waals surface area contributed by atoms with Crippen molar-refractivity contribution in [3.05, 3.63) is 12.4 Å². The van der Waals surface area contributed by atoms with E-state index >= 15 is 0 Å². The van der Waals surface area contributed by atoms with Gasteiger partial charge in [0.05, 0.1) is 6.20 Å². The zero-order valence-corrected chi connectivity index (χ0v) is 14.6. The monoisotopic (exact) mass is 334 g/mol. The number of thioether (sulfide) groups is 1. The molecule has 8 heteroatoms. The molecule has 0 saturated heterocycles. The van der Waals surface area contributed by atoms with Crippen LogP contribution in [0.4, 0.5) is 0 Å². The second-order valence-corrected chi connectivity index (χ2v) is 7.92. The zero-order valence-electron chi connectivity index (χ0n) is 13.0. The van der Waals surface area contributed by atoms with Crippen LogP contribution in [0.5, 0.6) is 0 Å². The Morgan fingerprint density at radius 3 is 2.86 bits per heavy atom. The number of hydrogen-bond donors (Lipinski definition) is 2. The molecule has 1 atom stereocenters. The standard InChI is InChI=1S/C13H26N4O2S2/c1-4-14-7-5-9-17-11-13(10-15-17)21(18,19)16-8-6-12(2)20-3/h10-12,14,16H,4-9H2,1-3H3. The van der Waals surface area contributed by atoms with Crippen molar-refractivity contribution in [3.63, 3.8) is 0 Å². The molecule has 1 unspecified atom stereocenters. The summed E-state index contributed by atoms with van der Waals surface area (Å²) in [5.74, 6) is 0. The van der Waals surface area contributed by atoms with Gasteiger partial charge in [-0.1, -0.05) is 13.8 Å². The Hall–Kier alpha value is -0.570. The molecular formula is C13H26N4O2S2. The molecule has 0 aliphatic carbocycles. The summed E-state index contributed by atoms with van der Waals surface area (Å²) in [6, 6.07) is 0. The summed E-state index contributed by atoms with van der Waals surface area (Å²) in [6.07, 6.45) is 6.77. The summed E-state index contributed by atoms with van der Waals surface area (Å²) in [7, 11) is -3.44. The van der Waals surface area contributed by atoms with Gasteiger partial charge in [0.15, 0.2) is 0 Å². The SMILES string of the molecule is CCNCCCn1cc(S(=O)(=O)NCCC(C)SC)cn1. The molecule has 1 aromatic heterocycles. The van der Waals surface area contributed by atoms with Gasteiger partial charge in [-0.15, -0.1) is 0 Å². The number of hydrogen-bond acceptors (Lipinski definition) is 5. The molecule has 0 spiro atoms. The highest BCUT2D eigenvalue weighted by Gasteiger charge is 2.16. The molecule has 122 valence electrons. The van der Waals surface area contributed by atoms with Crippen LogP contribution in [0.25, 0.3) is 0 Å². The van der Waals surface area contributed by atoms with E-state index in [0.717, 1.165) is 25.9 Å². The molecule has 0 saturated carbocycles. The van der Waals surface area contributed by atoms with Crippen LogP contribution in [0.2, 0.25) is 0 Å². The number of nitrogens with zero attached hydrogens (tertiary/aromatic N) is 2. The Balaban J connectivity index is 2.46. The molecule has 0 aromatic carbocycles. The Kier molecular flexibility index (Phi) is 8.31. The van der Waals surface area contributed by atoms with E-state index in [4.69, 9.17) is 0 Å². The van der Waals surface area contributed by atoms with Gasteiger partial charge in [0, 0.05) is 24.5 Å². The van der Waals surface area contributed by atoms with Crippen LogP contribution < -0.4 is 10.0 Å². The Labute approximate surface area is 132 Å². The average molecular weight is 335 g/mol. The van der Waals surface area contributed by atoms with Crippen LogP contribution in [-0.2, 0) is 16.6 Å². The molecule has 0 fully saturated rings. The fourth-order valence-corrected chi connectivity index (χ4v) is 3.10. The number of nitrogens with one attached hydrogen (secondary N) is 2. The van der Waals surface area contributed by atoms with Crippen molar-refractivity contribution in [1.82, 2.24) is 19.8 Å². The van der Waals surface area contributed by atoms with E-state index in [1.54, 1.807) is 22.6 Å². The summed E-state index contributed by atoms with van der Waals surface area (Å²) >= 11 is 1.73. The van der Waals surface area contributed by atoms with Gasteiger partial charge >= 0.3 is 0 Å². The smallest absolute Gasteiger partial charge is 0.243 e. The molecule has 0 bridgehead atoms. The van der Waals surface area contributed by atoms with E-state index in [0.29, 0.717) is 18.3 Å². The van der Waals surface area contributed by atoms with E-state index in [2.05, 4.69) is 29.0 Å². The third-order valence-electron chi connectivity index (χ3n) is 3.16. The lowest BCUT2D eigenvalue weighted by atomic mass is 10.3. The molecule has 0 aliphatic rings. The van der Waals surface area contributed by atoms with Crippen LogP contribution >= 0.6 is 11.8 Å². The fourth-order valence-electron chi connectivity index (χ4n) is 1.75. The molecule has 1 heterocycles. The molecular weight excluding hydrogens is 308 g/mol. The first kappa shape index (κ1) is 18.5. The minimum atomic E-state index is -3.44. The van der Waals surface area contributed by atoms with Crippen LogP contribution in [0.1, 0.15) is 26.7 Å². The van der Waals surface area contributed by atoms with Crippen LogP contribution in [0, 0.1) is 0 Å². The van der Waals surface area contributed by atoms with E-state index < -0.39 is 10.0 Å². The molecule has 0 amide bonds. The van der Waals surface area contributed by atoms with Gasteiger partial charge in [0.25, 0.3) is 0 Å². The predicted molar refractivity (Wildman–Crippen MR) is 88.2 cm³/mol. The van der Waals surface area contributed by atoms with Crippen molar-refractivity contribution < 1.29 is 8.42 Å². The normalized spacial score (nSPS) is 13.5. The predicted octanol–water partition coefficient (Wildman–Crippen LogP) is 1.30. The summed E-state index contributed by atoms with van der Waals surface area (Å²) < 4.78 is 28.5. The first-order valence-electron chi connectivity index (χ1n) is 7.25. The van der Waals surface area contributed by atoms with Gasteiger partial charge in [0.2, 0.25) is 10.0 Å². The second-order valence-electron chi connectivity index (χ2n) is 4.88. The molecule has 0 radical (unpaired) electrons. The molecule has 6 nitrogen and oxygen atoms in total. The van der Waals surface area contributed by atoms with Crippen molar-refractivity contribution in [2.45, 2.75) is 43.4 Å². The highest BCUT2D eigenvalue weighted by Crippen LogP contribution is 2.10. The lowest BCUT2D eigenvalue weighted by Gasteiger charge is -2.08. The first-order valence-corrected chi connectivity index (χ1v) is 10.0. The largest absolute Gasteiger partial charge is 0.317 e. The first-order chi connectivity index (χ1) is 9.99. The minimum Gasteiger partial charge on any atom is -0.317 e. The van der Waals surface area contributed by atoms with E-state index in [1.165, 1.54) is 6.20 Å². The van der Waals surface area contributed by atoms with Crippen molar-refractivity contribution in [3.8, 4) is 0 Å². The third-order valence-corrected chi connectivity index (χ3v) is 5.61. The maximum atomic E-state index is 12.1. The molecule has 1 rings (SSSR count). The van der Waals surface area contributed by atoms with Crippen molar-refractivity contribution in [1.29, 1.82) is 0 Å². The van der Waals surface area contributed by atoms with E-state index in [-0.39, 0.29) is 4.90 Å². The van der Waals surface area contributed by atoms with Gasteiger partial charge in [-0.3, -0.25) is 4.68 Å². The summed E-state index contributed by atoms with van der Waals surface area (Å²) in [5.41, 5.74) is 0. The fraction of sp³-hybridized carbons (Fsp3) is 0.769. The van der Waals surface area contributed by atoms with Gasteiger partial charge < -0.3 is 5.32 Å². The van der Waals surface area contributed by atoms with Crippen LogP contribution in [-0.4, -0.2) is 49.3 Å². The maximum Gasteiger partial charge on any atom is 0.243 e. The highest BCUT2D eigenvalue weighted by atomic mass is 32.2. The van der Waals surface area contributed by atoms with Gasteiger partial charge in [-0.05, 0) is 32.2 Å². The molecule has 2 N–H and O–H groups in total. The average Bonchev–Trinajstić information content (AvgIpc) is 2.93. The van der Waals surface area contributed by atoms with Crippen LogP contribution in [0.3, 0.4) is 0 Å². The van der Waals surface area contributed by atoms with Crippen LogP contribution in [0.15, 0.2) is 17.3 Å². The quantitative estimate of drug-likeness (QED) is 0.597. The topological polar surface area (TPSA) is 76.0 Å². The molecule has 21 heavy (non-hydrogen) atoms. The van der Waals surface area contributed by atoms with E-state index in [1.807, 2.05) is 6.26 Å². The van der Waals surface area contributed by atoms with Gasteiger partial charge in [-0.2, -0.15) is 16.9 Å². The lowest BCUT2D eigenvalue weighted by Crippen LogP contribution is -2.26. The number of aromatic nitrogens is 2. The third kappa shape index (κ3) is 6.82. The van der Waals surface area contributed by atoms with Crippen molar-refractivity contribution >= 4 is 21.8 Å².